The van der Waals surface area contributed by atoms with Gasteiger partial charge in [-0.3, -0.25) is 0 Å². The number of aliphatic hydroxyl groups is 1. The molecule has 2 aliphatic rings. The molecule has 1 aliphatic heterocycles. The summed E-state index contributed by atoms with van der Waals surface area (Å²) in [5.74, 6) is 0.828. The van der Waals surface area contributed by atoms with E-state index in [4.69, 9.17) is 0 Å². The lowest BCUT2D eigenvalue weighted by Gasteiger charge is -2.46. The number of rotatable bonds is 6. The lowest BCUT2D eigenvalue weighted by Crippen LogP contribution is -2.56. The fourth-order valence-corrected chi connectivity index (χ4v) is 5.68. The summed E-state index contributed by atoms with van der Waals surface area (Å²) in [6, 6.07) is 4.70. The summed E-state index contributed by atoms with van der Waals surface area (Å²) in [5, 5.41) is 18.0. The van der Waals surface area contributed by atoms with E-state index in [1.54, 1.807) is 13.8 Å². The molecule has 9 nitrogen and oxygen atoms in total. The molecule has 13 heteroatoms. The highest BCUT2D eigenvalue weighted by atomic mass is 32.2. The molecular formula is C23H27F3N6O3S. The molecule has 1 saturated carbocycles. The Morgan fingerprint density at radius 3 is 2.44 bits per heavy atom. The summed E-state index contributed by atoms with van der Waals surface area (Å²) in [6.07, 6.45) is -0.921. The van der Waals surface area contributed by atoms with Gasteiger partial charge in [0.25, 0.3) is 0 Å². The van der Waals surface area contributed by atoms with Crippen LogP contribution >= 0.6 is 0 Å². The van der Waals surface area contributed by atoms with Gasteiger partial charge >= 0.3 is 6.18 Å². The Bertz CT molecular complexity index is 1400. The van der Waals surface area contributed by atoms with Crippen molar-refractivity contribution in [2.45, 2.75) is 49.8 Å². The number of fused-ring (bicyclic) bond motifs is 1. The zero-order chi connectivity index (χ0) is 26.0. The van der Waals surface area contributed by atoms with Gasteiger partial charge in [-0.1, -0.05) is 6.07 Å². The lowest BCUT2D eigenvalue weighted by atomic mass is 9.84. The van der Waals surface area contributed by atoms with Crippen molar-refractivity contribution in [2.75, 3.05) is 29.6 Å². The van der Waals surface area contributed by atoms with E-state index < -0.39 is 32.4 Å². The Kier molecular flexibility index (Phi) is 5.71. The van der Waals surface area contributed by atoms with Crippen LogP contribution in [0.3, 0.4) is 0 Å². The fourth-order valence-electron chi connectivity index (χ4n) is 4.52. The number of aromatic nitrogens is 4. The minimum absolute atomic E-state index is 0.0274. The number of anilines is 2. The van der Waals surface area contributed by atoms with Crippen LogP contribution in [0.2, 0.25) is 0 Å². The molecule has 2 aromatic heterocycles. The third-order valence-electron chi connectivity index (χ3n) is 7.04. The van der Waals surface area contributed by atoms with Crippen molar-refractivity contribution in [3.63, 3.8) is 0 Å². The second-order valence-electron chi connectivity index (χ2n) is 10.2. The molecular weight excluding hydrogens is 497 g/mol. The smallest absolute Gasteiger partial charge is 0.390 e. The van der Waals surface area contributed by atoms with E-state index in [1.807, 2.05) is 4.90 Å². The minimum atomic E-state index is -4.50. The number of hydrogen-bond acceptors (Lipinski definition) is 8. The molecule has 1 saturated heterocycles. The number of nitrogens with zero attached hydrogens (tertiary/aromatic N) is 5. The maximum atomic E-state index is 13.3. The molecule has 2 N–H and O–H groups in total. The molecule has 5 rings (SSSR count). The Morgan fingerprint density at radius 2 is 1.83 bits per heavy atom. The van der Waals surface area contributed by atoms with Crippen LogP contribution in [0.1, 0.15) is 32.3 Å². The van der Waals surface area contributed by atoms with E-state index >= 15 is 0 Å². The highest BCUT2D eigenvalue weighted by Gasteiger charge is 2.40. The standard InChI is InChI=1S/C23H27F3N6O3S/c1-22(2,33)14-11-31(12-14)19-18-10-27-32(16-6-4-5-13(7-16)23(24,25)26)20(18)30-21(29-19)28-15-8-17(9-15)36(3,34)35/h4-7,10,14-15,17,33H,8-9,11-12H2,1-3H3,(H,28,29,30)/t15-,17-. The number of nitrogens with one attached hydrogen (secondary N) is 1. The summed E-state index contributed by atoms with van der Waals surface area (Å²) in [7, 11) is -3.13. The van der Waals surface area contributed by atoms with Gasteiger partial charge in [0, 0.05) is 31.3 Å². The van der Waals surface area contributed by atoms with Gasteiger partial charge in [0.1, 0.15) is 15.7 Å². The van der Waals surface area contributed by atoms with Gasteiger partial charge in [-0.25, -0.2) is 13.1 Å². The quantitative estimate of drug-likeness (QED) is 0.506. The Balaban J connectivity index is 1.52. The van der Waals surface area contributed by atoms with Crippen LogP contribution in [0.4, 0.5) is 24.9 Å². The molecule has 0 unspecified atom stereocenters. The van der Waals surface area contributed by atoms with Crippen molar-refractivity contribution in [1.82, 2.24) is 19.7 Å². The zero-order valence-corrected chi connectivity index (χ0v) is 20.8. The molecule has 0 radical (unpaired) electrons. The summed E-state index contributed by atoms with van der Waals surface area (Å²) in [4.78, 5) is 11.2. The molecule has 0 spiro atoms. The maximum absolute atomic E-state index is 13.3. The first-order valence-corrected chi connectivity index (χ1v) is 13.5. The average Bonchev–Trinajstić information content (AvgIpc) is 3.11. The van der Waals surface area contributed by atoms with Crippen molar-refractivity contribution < 1.29 is 26.7 Å². The number of benzene rings is 1. The number of alkyl halides is 3. The van der Waals surface area contributed by atoms with E-state index in [-0.39, 0.29) is 23.6 Å². The van der Waals surface area contributed by atoms with E-state index in [0.717, 1.165) is 12.1 Å². The minimum Gasteiger partial charge on any atom is -0.390 e. The second-order valence-corrected chi connectivity index (χ2v) is 12.6. The molecule has 1 aliphatic carbocycles. The third-order valence-corrected chi connectivity index (χ3v) is 8.64. The predicted molar refractivity (Wildman–Crippen MR) is 129 cm³/mol. The highest BCUT2D eigenvalue weighted by Crippen LogP contribution is 2.37. The molecule has 2 fully saturated rings. The van der Waals surface area contributed by atoms with Gasteiger partial charge in [0.2, 0.25) is 5.95 Å². The molecule has 0 bridgehead atoms. The first kappa shape index (κ1) is 24.8. The Morgan fingerprint density at radius 1 is 1.14 bits per heavy atom. The molecule has 0 atom stereocenters. The SMILES string of the molecule is CC(C)(O)C1CN(c2nc(N[C@H]3C[C@H](S(C)(=O)=O)C3)nc3c2cnn3-c2cccc(C(F)(F)F)c2)C1. The molecule has 194 valence electrons. The fraction of sp³-hybridized carbons (Fsp3) is 0.522. The summed E-state index contributed by atoms with van der Waals surface area (Å²) in [6.45, 7) is 4.59. The van der Waals surface area contributed by atoms with Gasteiger partial charge in [0.05, 0.1) is 33.7 Å². The monoisotopic (exact) mass is 524 g/mol. The lowest BCUT2D eigenvalue weighted by molar-refractivity contribution is -0.137. The van der Waals surface area contributed by atoms with Crippen molar-refractivity contribution in [3.05, 3.63) is 36.0 Å². The molecule has 36 heavy (non-hydrogen) atoms. The van der Waals surface area contributed by atoms with Crippen molar-refractivity contribution in [1.29, 1.82) is 0 Å². The second kappa shape index (κ2) is 8.30. The van der Waals surface area contributed by atoms with Gasteiger partial charge in [-0.15, -0.1) is 0 Å². The van der Waals surface area contributed by atoms with E-state index in [0.29, 0.717) is 42.8 Å². The number of sulfone groups is 1. The molecule has 3 heterocycles. The normalized spacial score (nSPS) is 21.4. The number of halogens is 3. The topological polar surface area (TPSA) is 113 Å². The molecule has 3 aromatic rings. The summed E-state index contributed by atoms with van der Waals surface area (Å²) in [5.41, 5.74) is -1.13. The Hall–Kier alpha value is -2.93. The van der Waals surface area contributed by atoms with Crippen LogP contribution in [-0.2, 0) is 16.0 Å². The van der Waals surface area contributed by atoms with Crippen molar-refractivity contribution >= 4 is 32.6 Å². The average molecular weight is 525 g/mol. The van der Waals surface area contributed by atoms with Gasteiger partial charge in [0.15, 0.2) is 5.65 Å². The van der Waals surface area contributed by atoms with Crippen LogP contribution in [-0.4, -0.2) is 69.5 Å². The number of hydrogen-bond donors (Lipinski definition) is 2. The third kappa shape index (κ3) is 4.61. The van der Waals surface area contributed by atoms with Crippen LogP contribution < -0.4 is 10.2 Å². The van der Waals surface area contributed by atoms with E-state index in [2.05, 4.69) is 20.4 Å². The maximum Gasteiger partial charge on any atom is 0.416 e. The predicted octanol–water partition coefficient (Wildman–Crippen LogP) is 3.03. The molecule has 1 aromatic carbocycles. The highest BCUT2D eigenvalue weighted by molar-refractivity contribution is 7.91. The first-order valence-electron chi connectivity index (χ1n) is 11.6. The van der Waals surface area contributed by atoms with Crippen LogP contribution in [0.15, 0.2) is 30.5 Å². The summed E-state index contributed by atoms with van der Waals surface area (Å²) >= 11 is 0. The zero-order valence-electron chi connectivity index (χ0n) is 20.0. The summed E-state index contributed by atoms with van der Waals surface area (Å²) < 4.78 is 64.8. The first-order chi connectivity index (χ1) is 16.7. The van der Waals surface area contributed by atoms with Gasteiger partial charge in [-0.05, 0) is 44.9 Å². The van der Waals surface area contributed by atoms with Crippen molar-refractivity contribution in [3.8, 4) is 5.69 Å². The van der Waals surface area contributed by atoms with Crippen LogP contribution in [0.25, 0.3) is 16.7 Å². The molecule has 0 amide bonds. The van der Waals surface area contributed by atoms with Crippen LogP contribution in [0, 0.1) is 5.92 Å². The van der Waals surface area contributed by atoms with Crippen molar-refractivity contribution in [2.24, 2.45) is 5.92 Å². The van der Waals surface area contributed by atoms with E-state index in [1.165, 1.54) is 29.3 Å². The van der Waals surface area contributed by atoms with Crippen LogP contribution in [0.5, 0.6) is 0 Å². The Labute approximate surface area is 206 Å². The van der Waals surface area contributed by atoms with Gasteiger partial charge in [-0.2, -0.15) is 28.2 Å². The van der Waals surface area contributed by atoms with E-state index in [9.17, 15) is 26.7 Å². The largest absolute Gasteiger partial charge is 0.416 e. The van der Waals surface area contributed by atoms with Gasteiger partial charge < -0.3 is 15.3 Å².